The van der Waals surface area contributed by atoms with Gasteiger partial charge in [0.2, 0.25) is 0 Å². The standard InChI is InChI=1S/C6H2Cl2.C2H6N4O/c7-5-3-1-2-4(3)6(5)8;3-1(4)6-2(5)7/h1-2H;(H6,3,4,5,6,7). The molecule has 0 saturated heterocycles. The predicted octanol–water partition coefficient (Wildman–Crippen LogP) is 0.932. The lowest BCUT2D eigenvalue weighted by atomic mass is 10.1. The van der Waals surface area contributed by atoms with Crippen LogP contribution in [0.1, 0.15) is 0 Å². The first-order chi connectivity index (χ1) is 6.93. The van der Waals surface area contributed by atoms with Gasteiger partial charge in [-0.25, -0.2) is 4.79 Å². The molecule has 0 aromatic carbocycles. The number of amides is 2. The Morgan fingerprint density at radius 3 is 1.53 bits per heavy atom. The molecular weight excluding hydrogens is 239 g/mol. The van der Waals surface area contributed by atoms with Gasteiger partial charge in [-0.3, -0.25) is 0 Å². The van der Waals surface area contributed by atoms with Gasteiger partial charge in [0.15, 0.2) is 5.96 Å². The van der Waals surface area contributed by atoms with Crippen molar-refractivity contribution in [2.75, 3.05) is 0 Å². The summed E-state index contributed by atoms with van der Waals surface area (Å²) in [4.78, 5) is 12.6. The lowest BCUT2D eigenvalue weighted by Gasteiger charge is -2.07. The third-order valence-corrected chi connectivity index (χ3v) is 2.49. The van der Waals surface area contributed by atoms with Crippen LogP contribution in [0.3, 0.4) is 0 Å². The average Bonchev–Trinajstić information content (AvgIpc) is 2.00. The lowest BCUT2D eigenvalue weighted by Crippen LogP contribution is -2.25. The number of halogens is 2. The van der Waals surface area contributed by atoms with Gasteiger partial charge in [0.05, 0.1) is 10.0 Å². The summed E-state index contributed by atoms with van der Waals surface area (Å²) < 4.78 is 0. The van der Waals surface area contributed by atoms with Gasteiger partial charge in [0.25, 0.3) is 0 Å². The van der Waals surface area contributed by atoms with E-state index in [0.29, 0.717) is 0 Å². The van der Waals surface area contributed by atoms with Crippen molar-refractivity contribution >= 4 is 35.2 Å². The maximum Gasteiger partial charge on any atom is 0.341 e. The molecule has 0 aliphatic heterocycles. The molecule has 15 heavy (non-hydrogen) atoms. The number of guanidine groups is 1. The summed E-state index contributed by atoms with van der Waals surface area (Å²) in [5.74, 6) is -0.312. The second kappa shape index (κ2) is 4.37. The number of hydrogen-bond donors (Lipinski definition) is 3. The minimum absolute atomic E-state index is 0.312. The number of benzene rings is 1. The Bertz CT molecular complexity index is 489. The van der Waals surface area contributed by atoms with Crippen LogP contribution in [-0.2, 0) is 0 Å². The molecule has 2 aliphatic carbocycles. The fraction of sp³-hybridized carbons (Fsp3) is 0. The molecule has 0 bridgehead atoms. The van der Waals surface area contributed by atoms with E-state index >= 15 is 0 Å². The molecule has 0 heterocycles. The highest BCUT2D eigenvalue weighted by Crippen LogP contribution is 2.32. The summed E-state index contributed by atoms with van der Waals surface area (Å²) in [5.41, 5.74) is 13.9. The molecule has 0 saturated carbocycles. The molecule has 0 atom stereocenters. The van der Waals surface area contributed by atoms with Crippen LogP contribution >= 0.6 is 23.2 Å². The molecule has 2 rings (SSSR count). The zero-order valence-electron chi connectivity index (χ0n) is 7.50. The third kappa shape index (κ3) is 2.51. The number of carbonyl (C=O) groups excluding carboxylic acids is 1. The number of urea groups is 1. The molecule has 2 aliphatic rings. The first-order valence-corrected chi connectivity index (χ1v) is 4.56. The van der Waals surface area contributed by atoms with E-state index in [0.717, 1.165) is 20.5 Å². The lowest BCUT2D eigenvalue weighted by molar-refractivity contribution is 0.256. The van der Waals surface area contributed by atoms with Crippen LogP contribution in [0.2, 0.25) is 10.0 Å². The Morgan fingerprint density at radius 1 is 1.07 bits per heavy atom. The molecule has 0 fully saturated rings. The van der Waals surface area contributed by atoms with Gasteiger partial charge >= 0.3 is 6.03 Å². The fourth-order valence-electron chi connectivity index (χ4n) is 0.934. The highest BCUT2D eigenvalue weighted by Gasteiger charge is 2.10. The Hall–Kier alpha value is -1.46. The van der Waals surface area contributed by atoms with E-state index in [4.69, 9.17) is 34.7 Å². The van der Waals surface area contributed by atoms with E-state index in [1.807, 2.05) is 12.1 Å². The largest absolute Gasteiger partial charge is 0.370 e. The van der Waals surface area contributed by atoms with E-state index in [2.05, 4.69) is 10.7 Å². The van der Waals surface area contributed by atoms with Crippen LogP contribution in [0.5, 0.6) is 0 Å². The number of carbonyl (C=O) groups is 1. The molecule has 80 valence electrons. The van der Waals surface area contributed by atoms with Crippen LogP contribution in [-0.4, -0.2) is 12.0 Å². The number of nitrogens with zero attached hydrogens (tertiary/aromatic N) is 1. The van der Waals surface area contributed by atoms with Crippen LogP contribution < -0.4 is 17.2 Å². The van der Waals surface area contributed by atoms with E-state index in [9.17, 15) is 4.79 Å². The molecule has 7 heteroatoms. The van der Waals surface area contributed by atoms with Crippen molar-refractivity contribution in [3.8, 4) is 0 Å². The van der Waals surface area contributed by atoms with Gasteiger partial charge in [-0.2, -0.15) is 4.99 Å². The molecule has 0 aromatic rings. The van der Waals surface area contributed by atoms with Crippen LogP contribution in [0, 0.1) is 10.4 Å². The van der Waals surface area contributed by atoms with Gasteiger partial charge < -0.3 is 17.2 Å². The molecule has 0 spiro atoms. The fourth-order valence-corrected chi connectivity index (χ4v) is 1.47. The van der Waals surface area contributed by atoms with Crippen molar-refractivity contribution in [1.82, 2.24) is 0 Å². The predicted molar refractivity (Wildman–Crippen MR) is 59.5 cm³/mol. The zero-order chi connectivity index (χ0) is 11.6. The summed E-state index contributed by atoms with van der Waals surface area (Å²) in [5, 5.41) is 3.70. The Labute approximate surface area is 95.2 Å². The molecule has 0 unspecified atom stereocenters. The first kappa shape index (κ1) is 11.6. The molecule has 5 nitrogen and oxygen atoms in total. The van der Waals surface area contributed by atoms with Crippen LogP contribution in [0.15, 0.2) is 17.1 Å². The van der Waals surface area contributed by atoms with Crippen molar-refractivity contribution in [3.63, 3.8) is 0 Å². The van der Waals surface area contributed by atoms with Crippen molar-refractivity contribution in [3.05, 3.63) is 32.6 Å². The summed E-state index contributed by atoms with van der Waals surface area (Å²) in [6.07, 6.45) is 0. The minimum Gasteiger partial charge on any atom is -0.370 e. The topological polar surface area (TPSA) is 107 Å². The summed E-state index contributed by atoms with van der Waals surface area (Å²) in [6, 6.07) is 3.05. The molecule has 0 radical (unpaired) electrons. The quantitative estimate of drug-likeness (QED) is 0.476. The van der Waals surface area contributed by atoms with E-state index in [-0.39, 0.29) is 5.96 Å². The molecule has 6 N–H and O–H groups in total. The smallest absolute Gasteiger partial charge is 0.341 e. The van der Waals surface area contributed by atoms with Gasteiger partial charge in [-0.1, -0.05) is 35.3 Å². The van der Waals surface area contributed by atoms with E-state index < -0.39 is 6.03 Å². The first-order valence-electron chi connectivity index (χ1n) is 3.81. The van der Waals surface area contributed by atoms with E-state index in [1.165, 1.54) is 0 Å². The second-order valence-electron chi connectivity index (χ2n) is 2.66. The number of rotatable bonds is 0. The SMILES string of the molecule is Clc1c(Cl)c2ccc1=2.NC(=O)N=C(N)N. The molecular formula is C8H8Cl2N4O. The van der Waals surface area contributed by atoms with Gasteiger partial charge in [0, 0.05) is 10.4 Å². The van der Waals surface area contributed by atoms with E-state index in [1.54, 1.807) is 0 Å². The second-order valence-corrected chi connectivity index (χ2v) is 3.42. The summed E-state index contributed by atoms with van der Waals surface area (Å²) >= 11 is 11.3. The van der Waals surface area contributed by atoms with Crippen LogP contribution in [0.25, 0.3) is 0 Å². The summed E-state index contributed by atoms with van der Waals surface area (Å²) in [7, 11) is 0. The Kier molecular flexibility index (Phi) is 3.39. The highest BCUT2D eigenvalue weighted by molar-refractivity contribution is 6.43. The highest BCUT2D eigenvalue weighted by atomic mass is 35.5. The number of nitrogens with two attached hydrogens (primary N) is 3. The Balaban J connectivity index is 0.000000153. The number of hydrogen-bond acceptors (Lipinski definition) is 1. The Morgan fingerprint density at radius 2 is 1.47 bits per heavy atom. The van der Waals surface area contributed by atoms with Crippen molar-refractivity contribution in [2.24, 2.45) is 22.2 Å². The number of aliphatic imine (C=N–C) groups is 1. The number of primary amides is 1. The van der Waals surface area contributed by atoms with Crippen molar-refractivity contribution in [1.29, 1.82) is 0 Å². The minimum atomic E-state index is -0.875. The maximum absolute atomic E-state index is 9.68. The zero-order valence-corrected chi connectivity index (χ0v) is 9.01. The summed E-state index contributed by atoms with van der Waals surface area (Å²) in [6.45, 7) is 0. The molecule has 2 amide bonds. The van der Waals surface area contributed by atoms with Gasteiger partial charge in [-0.15, -0.1) is 0 Å². The maximum atomic E-state index is 9.68. The monoisotopic (exact) mass is 246 g/mol. The molecule has 0 aromatic heterocycles. The average molecular weight is 247 g/mol. The van der Waals surface area contributed by atoms with Gasteiger partial charge in [-0.05, 0) is 0 Å². The van der Waals surface area contributed by atoms with Crippen molar-refractivity contribution < 1.29 is 4.79 Å². The normalized spacial score (nSPS) is 9.73. The third-order valence-electron chi connectivity index (χ3n) is 1.61. The van der Waals surface area contributed by atoms with Gasteiger partial charge in [0.1, 0.15) is 0 Å². The van der Waals surface area contributed by atoms with Crippen LogP contribution in [0.4, 0.5) is 4.79 Å². The van der Waals surface area contributed by atoms with Crippen molar-refractivity contribution in [2.45, 2.75) is 0 Å².